The second-order valence-corrected chi connectivity index (χ2v) is 5.00. The zero-order valence-corrected chi connectivity index (χ0v) is 12.1. The van der Waals surface area contributed by atoms with Crippen LogP contribution in [0.5, 0.6) is 0 Å². The van der Waals surface area contributed by atoms with E-state index >= 15 is 0 Å². The van der Waals surface area contributed by atoms with Gasteiger partial charge in [0.1, 0.15) is 5.65 Å². The molecule has 0 saturated carbocycles. The van der Waals surface area contributed by atoms with Gasteiger partial charge in [0.2, 0.25) is 5.91 Å². The second kappa shape index (κ2) is 6.72. The van der Waals surface area contributed by atoms with Crippen molar-refractivity contribution in [2.45, 2.75) is 6.42 Å². The maximum atomic E-state index is 11.8. The Kier molecular flexibility index (Phi) is 4.30. The number of carbonyl (C=O) groups is 1. The van der Waals surface area contributed by atoms with Crippen molar-refractivity contribution in [1.29, 1.82) is 0 Å². The van der Waals surface area contributed by atoms with E-state index in [0.29, 0.717) is 6.54 Å². The third-order valence-electron chi connectivity index (χ3n) is 3.45. The van der Waals surface area contributed by atoms with Gasteiger partial charge in [-0.25, -0.2) is 4.98 Å². The highest BCUT2D eigenvalue weighted by Crippen LogP contribution is 2.16. The molecule has 0 radical (unpaired) electrons. The number of nitrogens with zero attached hydrogens (tertiary/aromatic N) is 1. The molecule has 4 heteroatoms. The van der Waals surface area contributed by atoms with E-state index in [1.165, 1.54) is 5.56 Å². The minimum Gasteiger partial charge on any atom is -0.352 e. The lowest BCUT2D eigenvalue weighted by atomic mass is 10.1. The number of fused-ring (bicyclic) bond motifs is 1. The molecular formula is C18H17N3O. The first-order valence-electron chi connectivity index (χ1n) is 7.25. The Morgan fingerprint density at radius 3 is 2.91 bits per heavy atom. The van der Waals surface area contributed by atoms with Crippen LogP contribution in [-0.4, -0.2) is 22.4 Å². The molecule has 0 unspecified atom stereocenters. The molecule has 3 aromatic rings. The van der Waals surface area contributed by atoms with Crippen molar-refractivity contribution in [2.24, 2.45) is 0 Å². The average molecular weight is 291 g/mol. The van der Waals surface area contributed by atoms with Crippen molar-refractivity contribution in [1.82, 2.24) is 15.3 Å². The van der Waals surface area contributed by atoms with Gasteiger partial charge in [0.05, 0.1) is 0 Å². The summed E-state index contributed by atoms with van der Waals surface area (Å²) >= 11 is 0. The summed E-state index contributed by atoms with van der Waals surface area (Å²) in [6, 6.07) is 14.0. The number of aromatic nitrogens is 2. The molecule has 0 bridgehead atoms. The smallest absolute Gasteiger partial charge is 0.244 e. The molecule has 2 heterocycles. The van der Waals surface area contributed by atoms with Gasteiger partial charge in [0.25, 0.3) is 0 Å². The van der Waals surface area contributed by atoms with Gasteiger partial charge in [0, 0.05) is 36.0 Å². The molecule has 2 aromatic heterocycles. The lowest BCUT2D eigenvalue weighted by Gasteiger charge is -2.02. The zero-order valence-electron chi connectivity index (χ0n) is 12.1. The number of benzene rings is 1. The summed E-state index contributed by atoms with van der Waals surface area (Å²) in [6.07, 6.45) is 7.78. The van der Waals surface area contributed by atoms with Crippen LogP contribution >= 0.6 is 0 Å². The summed E-state index contributed by atoms with van der Waals surface area (Å²) in [7, 11) is 0. The first-order valence-corrected chi connectivity index (χ1v) is 7.25. The van der Waals surface area contributed by atoms with Gasteiger partial charge in [-0.3, -0.25) is 4.79 Å². The van der Waals surface area contributed by atoms with Crippen molar-refractivity contribution >= 4 is 23.0 Å². The number of hydrogen-bond donors (Lipinski definition) is 2. The Morgan fingerprint density at radius 1 is 1.18 bits per heavy atom. The third kappa shape index (κ3) is 3.41. The molecule has 3 rings (SSSR count). The average Bonchev–Trinajstić information content (AvgIpc) is 2.97. The molecule has 1 amide bonds. The van der Waals surface area contributed by atoms with Gasteiger partial charge < -0.3 is 10.3 Å². The van der Waals surface area contributed by atoms with E-state index in [2.05, 4.69) is 27.4 Å². The zero-order chi connectivity index (χ0) is 15.2. The monoisotopic (exact) mass is 291 g/mol. The number of rotatable bonds is 5. The van der Waals surface area contributed by atoms with Crippen LogP contribution in [0.3, 0.4) is 0 Å². The van der Waals surface area contributed by atoms with Crippen LogP contribution in [0, 0.1) is 0 Å². The summed E-state index contributed by atoms with van der Waals surface area (Å²) in [5.41, 5.74) is 3.00. The maximum absolute atomic E-state index is 11.8. The first-order chi connectivity index (χ1) is 10.8. The highest BCUT2D eigenvalue weighted by atomic mass is 16.1. The van der Waals surface area contributed by atoms with Crippen molar-refractivity contribution in [3.63, 3.8) is 0 Å². The Hall–Kier alpha value is -2.88. The number of carbonyl (C=O) groups excluding carboxylic acids is 1. The Bertz CT molecular complexity index is 790. The summed E-state index contributed by atoms with van der Waals surface area (Å²) in [5.74, 6) is -0.0887. The van der Waals surface area contributed by atoms with Crippen molar-refractivity contribution in [3.8, 4) is 0 Å². The van der Waals surface area contributed by atoms with E-state index in [1.54, 1.807) is 18.3 Å². The molecule has 1 aromatic carbocycles. The predicted octanol–water partition coefficient (Wildman–Crippen LogP) is 2.94. The maximum Gasteiger partial charge on any atom is 0.244 e. The van der Waals surface area contributed by atoms with E-state index in [4.69, 9.17) is 0 Å². The molecule has 0 aliphatic rings. The molecule has 0 saturated heterocycles. The molecule has 0 aliphatic carbocycles. The van der Waals surface area contributed by atoms with Crippen LogP contribution in [0.2, 0.25) is 0 Å². The Morgan fingerprint density at radius 2 is 2.05 bits per heavy atom. The van der Waals surface area contributed by atoms with Crippen LogP contribution in [-0.2, 0) is 11.2 Å². The standard InChI is InChI=1S/C18H17N3O/c22-17(19-12-10-14-5-2-1-3-6-14)9-8-15-13-21-18-16(15)7-4-11-20-18/h1-9,11,13H,10,12H2,(H,19,22)(H,20,21). The lowest BCUT2D eigenvalue weighted by molar-refractivity contribution is -0.116. The fourth-order valence-electron chi connectivity index (χ4n) is 2.31. The minimum atomic E-state index is -0.0887. The molecule has 22 heavy (non-hydrogen) atoms. The normalized spacial score (nSPS) is 11.1. The number of hydrogen-bond acceptors (Lipinski definition) is 2. The molecule has 0 atom stereocenters. The SMILES string of the molecule is O=C(C=Cc1c[nH]c2ncccc12)NCCc1ccccc1. The topological polar surface area (TPSA) is 57.8 Å². The first kappa shape index (κ1) is 14.1. The van der Waals surface area contributed by atoms with Gasteiger partial charge in [-0.2, -0.15) is 0 Å². The number of amides is 1. The summed E-state index contributed by atoms with van der Waals surface area (Å²) < 4.78 is 0. The molecule has 0 aliphatic heterocycles. The van der Waals surface area contributed by atoms with Gasteiger partial charge >= 0.3 is 0 Å². The molecule has 0 spiro atoms. The molecular weight excluding hydrogens is 274 g/mol. The lowest BCUT2D eigenvalue weighted by Crippen LogP contribution is -2.23. The Labute approximate surface area is 128 Å². The van der Waals surface area contributed by atoms with E-state index in [0.717, 1.165) is 23.0 Å². The summed E-state index contributed by atoms with van der Waals surface area (Å²) in [6.45, 7) is 0.628. The summed E-state index contributed by atoms with van der Waals surface area (Å²) in [4.78, 5) is 19.1. The van der Waals surface area contributed by atoms with E-state index in [-0.39, 0.29) is 5.91 Å². The molecule has 2 N–H and O–H groups in total. The number of H-pyrrole nitrogens is 1. The minimum absolute atomic E-state index is 0.0887. The van der Waals surface area contributed by atoms with Gasteiger partial charge in [-0.1, -0.05) is 30.3 Å². The van der Waals surface area contributed by atoms with E-state index in [1.807, 2.05) is 36.5 Å². The third-order valence-corrected chi connectivity index (χ3v) is 3.45. The van der Waals surface area contributed by atoms with Gasteiger partial charge in [-0.05, 0) is 30.2 Å². The number of aromatic amines is 1. The molecule has 4 nitrogen and oxygen atoms in total. The fourth-order valence-corrected chi connectivity index (χ4v) is 2.31. The van der Waals surface area contributed by atoms with Crippen LogP contribution < -0.4 is 5.32 Å². The van der Waals surface area contributed by atoms with E-state index in [9.17, 15) is 4.79 Å². The van der Waals surface area contributed by atoms with Crippen LogP contribution in [0.1, 0.15) is 11.1 Å². The number of pyridine rings is 1. The number of nitrogens with one attached hydrogen (secondary N) is 2. The fraction of sp³-hybridized carbons (Fsp3) is 0.111. The highest BCUT2D eigenvalue weighted by molar-refractivity contribution is 5.95. The van der Waals surface area contributed by atoms with Crippen molar-refractivity contribution in [3.05, 3.63) is 72.1 Å². The Balaban J connectivity index is 1.55. The van der Waals surface area contributed by atoms with Crippen LogP contribution in [0.4, 0.5) is 0 Å². The highest BCUT2D eigenvalue weighted by Gasteiger charge is 2.01. The molecule has 0 fully saturated rings. The van der Waals surface area contributed by atoms with Gasteiger partial charge in [-0.15, -0.1) is 0 Å². The largest absolute Gasteiger partial charge is 0.352 e. The predicted molar refractivity (Wildman–Crippen MR) is 88.3 cm³/mol. The second-order valence-electron chi connectivity index (χ2n) is 5.00. The van der Waals surface area contributed by atoms with Gasteiger partial charge in [0.15, 0.2) is 0 Å². The quantitative estimate of drug-likeness (QED) is 0.710. The van der Waals surface area contributed by atoms with Crippen molar-refractivity contribution < 1.29 is 4.79 Å². The molecule has 110 valence electrons. The van der Waals surface area contributed by atoms with E-state index < -0.39 is 0 Å². The van der Waals surface area contributed by atoms with Crippen LogP contribution in [0.15, 0.2) is 60.9 Å². The van der Waals surface area contributed by atoms with Crippen LogP contribution in [0.25, 0.3) is 17.1 Å². The summed E-state index contributed by atoms with van der Waals surface area (Å²) in [5, 5.41) is 3.90. The van der Waals surface area contributed by atoms with Crippen molar-refractivity contribution in [2.75, 3.05) is 6.54 Å².